The fourth-order valence-electron chi connectivity index (χ4n) is 11.2. The molecular weight excluding hydrogens is 1080 g/mol. The van der Waals surface area contributed by atoms with Crippen LogP contribution in [0.25, 0.3) is 0 Å². The van der Waals surface area contributed by atoms with Gasteiger partial charge in [-0.25, -0.2) is 4.57 Å². The molecule has 0 fully saturated rings. The highest BCUT2D eigenvalue weighted by atomic mass is 31.2. The normalized spacial score (nSPS) is 13.7. The second-order valence-electron chi connectivity index (χ2n) is 26.8. The molecule has 0 aromatic carbocycles. The summed E-state index contributed by atoms with van der Waals surface area (Å²) in [5.41, 5.74) is 0. The Morgan fingerprint density at radius 2 is 0.709 bits per heavy atom. The second-order valence-corrected chi connectivity index (χ2v) is 28.3. The number of likely N-dealkylation sites (N-methyl/N-ethyl adjacent to an activating group) is 1. The van der Waals surface area contributed by atoms with Crippen molar-refractivity contribution in [2.24, 2.45) is 0 Å². The van der Waals surface area contributed by atoms with E-state index in [4.69, 9.17) is 13.8 Å². The van der Waals surface area contributed by atoms with E-state index in [2.05, 4.69) is 62.5 Å². The molecule has 0 bridgehead atoms. The Hall–Kier alpha value is -2.03. The number of allylic oxidation sites excluding steroid dienone is 7. The van der Waals surface area contributed by atoms with E-state index in [-0.39, 0.29) is 25.1 Å². The summed E-state index contributed by atoms with van der Waals surface area (Å²) in [4.78, 5) is 38.0. The number of unbranched alkanes of at least 4 members (excludes halogenated alkanes) is 47. The van der Waals surface area contributed by atoms with Gasteiger partial charge in [-0.15, -0.1) is 0 Å². The van der Waals surface area contributed by atoms with Crippen molar-refractivity contribution in [2.75, 3.05) is 40.9 Å². The van der Waals surface area contributed by atoms with Crippen molar-refractivity contribution in [3.05, 3.63) is 48.6 Å². The molecule has 10 heteroatoms. The smallest absolute Gasteiger partial charge is 0.456 e. The molecule has 3 unspecified atom stereocenters. The maximum absolute atomic E-state index is 13.6. The highest BCUT2D eigenvalue weighted by Gasteiger charge is 2.30. The van der Waals surface area contributed by atoms with Crippen LogP contribution in [0.15, 0.2) is 48.6 Å². The molecule has 0 aliphatic heterocycles. The van der Waals surface area contributed by atoms with E-state index in [1.807, 2.05) is 33.3 Å². The van der Waals surface area contributed by atoms with Crippen molar-refractivity contribution in [3.63, 3.8) is 0 Å². The van der Waals surface area contributed by atoms with Gasteiger partial charge in [-0.1, -0.05) is 339 Å². The Balaban J connectivity index is 4.99. The van der Waals surface area contributed by atoms with Crippen molar-refractivity contribution in [1.29, 1.82) is 0 Å². The quantitative estimate of drug-likeness (QED) is 0.0205. The minimum absolute atomic E-state index is 0.0411. The third kappa shape index (κ3) is 66.4. The summed E-state index contributed by atoms with van der Waals surface area (Å²) in [6, 6.07) is -0.850. The highest BCUT2D eigenvalue weighted by Crippen LogP contribution is 2.43. The van der Waals surface area contributed by atoms with Gasteiger partial charge in [0.1, 0.15) is 19.3 Å². The third-order valence-electron chi connectivity index (χ3n) is 17.0. The number of quaternary nitrogens is 1. The zero-order valence-electron chi connectivity index (χ0n) is 58.1. The molecule has 86 heavy (non-hydrogen) atoms. The monoisotopic (exact) mass is 1230 g/mol. The molecule has 0 heterocycles. The van der Waals surface area contributed by atoms with Crippen LogP contribution in [0.1, 0.15) is 374 Å². The molecule has 0 aromatic heterocycles. The van der Waals surface area contributed by atoms with Gasteiger partial charge in [0.05, 0.1) is 33.8 Å². The van der Waals surface area contributed by atoms with E-state index in [1.54, 1.807) is 0 Å². The lowest BCUT2D eigenvalue weighted by atomic mass is 10.0. The van der Waals surface area contributed by atoms with Gasteiger partial charge in [0.2, 0.25) is 5.91 Å². The minimum Gasteiger partial charge on any atom is -0.456 e. The number of hydrogen-bond donors (Lipinski definition) is 2. The number of nitrogens with zero attached hydrogens (tertiary/aromatic N) is 1. The Morgan fingerprint density at radius 1 is 0.407 bits per heavy atom. The van der Waals surface area contributed by atoms with E-state index in [9.17, 15) is 19.0 Å². The summed E-state index contributed by atoms with van der Waals surface area (Å²) >= 11 is 0. The van der Waals surface area contributed by atoms with Crippen LogP contribution in [0.3, 0.4) is 0 Å². The van der Waals surface area contributed by atoms with Crippen LogP contribution in [0.2, 0.25) is 0 Å². The molecule has 9 nitrogen and oxygen atoms in total. The lowest BCUT2D eigenvalue weighted by Gasteiger charge is -2.27. The summed E-state index contributed by atoms with van der Waals surface area (Å²) in [5.74, 6) is -0.490. The number of carbonyl (C=O) groups is 2. The van der Waals surface area contributed by atoms with E-state index in [1.165, 1.54) is 270 Å². The maximum atomic E-state index is 13.6. The zero-order chi connectivity index (χ0) is 62.8. The molecule has 0 aromatic rings. The zero-order valence-corrected chi connectivity index (χ0v) is 59.0. The predicted molar refractivity (Wildman–Crippen MR) is 374 cm³/mol. The van der Waals surface area contributed by atoms with Crippen LogP contribution >= 0.6 is 7.82 Å². The number of nitrogens with one attached hydrogen (secondary N) is 1. The molecule has 0 spiro atoms. The molecule has 3 atom stereocenters. The Bertz CT molecular complexity index is 1610. The average molecular weight is 1230 g/mol. The molecule has 0 saturated carbocycles. The van der Waals surface area contributed by atoms with Crippen molar-refractivity contribution >= 4 is 19.7 Å². The first-order chi connectivity index (χ1) is 41.9. The lowest BCUT2D eigenvalue weighted by molar-refractivity contribution is -0.870. The second kappa shape index (κ2) is 65.9. The molecule has 0 aliphatic rings. The first-order valence-electron chi connectivity index (χ1n) is 37.5. The van der Waals surface area contributed by atoms with Gasteiger partial charge in [-0.3, -0.25) is 18.6 Å². The van der Waals surface area contributed by atoms with Gasteiger partial charge < -0.3 is 19.4 Å². The maximum Gasteiger partial charge on any atom is 0.472 e. The number of rotatable bonds is 69. The topological polar surface area (TPSA) is 111 Å². The van der Waals surface area contributed by atoms with Crippen LogP contribution in [-0.4, -0.2) is 74.3 Å². The van der Waals surface area contributed by atoms with Crippen molar-refractivity contribution in [3.8, 4) is 0 Å². The molecule has 0 rings (SSSR count). The van der Waals surface area contributed by atoms with Gasteiger partial charge in [0, 0.05) is 12.8 Å². The van der Waals surface area contributed by atoms with Gasteiger partial charge in [-0.2, -0.15) is 0 Å². The fourth-order valence-corrected chi connectivity index (χ4v) is 12.0. The highest BCUT2D eigenvalue weighted by molar-refractivity contribution is 7.47. The summed E-state index contributed by atoms with van der Waals surface area (Å²) < 4.78 is 30.9. The van der Waals surface area contributed by atoms with Crippen molar-refractivity contribution < 1.29 is 37.3 Å². The van der Waals surface area contributed by atoms with Gasteiger partial charge in [0.15, 0.2) is 0 Å². The fraction of sp³-hybridized carbons (Fsp3) is 0.868. The number of esters is 1. The first kappa shape index (κ1) is 84.0. The lowest BCUT2D eigenvalue weighted by Crippen LogP contribution is -2.47. The van der Waals surface area contributed by atoms with E-state index < -0.39 is 20.0 Å². The predicted octanol–water partition coefficient (Wildman–Crippen LogP) is 24.0. The molecule has 506 valence electrons. The molecule has 0 aliphatic carbocycles. The average Bonchev–Trinajstić information content (AvgIpc) is 3.66. The largest absolute Gasteiger partial charge is 0.472 e. The number of carbonyl (C=O) groups excluding carboxylic acids is 2. The number of phosphoric acid groups is 1. The SMILES string of the molecule is CCCCC/C=C\C/C=C\C/C=C\CCCCCCCCCCCCC(=O)NC(COP(=O)(O)OCC[N+](C)(C)C)C(/C=C/CCCCCCCCCCCC)OC(=O)CCCCCCCCCCCCCCCCCCCCCCCCCCC. The van der Waals surface area contributed by atoms with Crippen LogP contribution in [-0.2, 0) is 27.9 Å². The van der Waals surface area contributed by atoms with Crippen LogP contribution < -0.4 is 5.32 Å². The summed E-state index contributed by atoms with van der Waals surface area (Å²) in [5, 5.41) is 3.08. The third-order valence-corrected chi connectivity index (χ3v) is 18.0. The number of amides is 1. The Labute approximate surface area is 535 Å². The number of phosphoric ester groups is 1. The summed E-state index contributed by atoms with van der Waals surface area (Å²) in [7, 11) is 1.51. The molecule has 1 amide bonds. The first-order valence-corrected chi connectivity index (χ1v) is 39.0. The van der Waals surface area contributed by atoms with Gasteiger partial charge in [0.25, 0.3) is 0 Å². The van der Waals surface area contributed by atoms with E-state index in [0.29, 0.717) is 23.9 Å². The Kier molecular flexibility index (Phi) is 64.4. The molecular formula is C76H146N2O7P+. The standard InChI is InChI=1S/C76H145N2O7P/c1-7-10-13-16-19-22-25-28-30-32-34-36-38-39-41-43-45-47-49-51-54-57-60-63-66-69-76(80)85-74(67-64-61-58-55-52-27-24-21-18-15-12-9-3)73(72-84-86(81,82)83-71-70-78(4,5)6)77-75(79)68-65-62-59-56-53-50-48-46-44-42-40-37-35-33-31-29-26-23-20-17-14-11-8-2/h20,23,29,31,35,37,64,67,73-74H,7-19,21-22,24-28,30,32-34,36,38-63,65-66,68-72H2,1-6H3,(H-,77,79,81,82)/p+1/b23-20-,31-29-,37-35-,67-64+. The number of hydrogen-bond acceptors (Lipinski definition) is 6. The molecule has 0 saturated heterocycles. The van der Waals surface area contributed by atoms with Crippen molar-refractivity contribution in [2.45, 2.75) is 386 Å². The summed E-state index contributed by atoms with van der Waals surface area (Å²) in [6.07, 6.45) is 84.2. The summed E-state index contributed by atoms with van der Waals surface area (Å²) in [6.45, 7) is 7.04. The van der Waals surface area contributed by atoms with Gasteiger partial charge >= 0.3 is 13.8 Å². The van der Waals surface area contributed by atoms with Crippen molar-refractivity contribution in [1.82, 2.24) is 5.32 Å². The van der Waals surface area contributed by atoms with E-state index in [0.717, 1.165) is 70.6 Å². The Morgan fingerprint density at radius 3 is 1.08 bits per heavy atom. The van der Waals surface area contributed by atoms with Crippen LogP contribution in [0.5, 0.6) is 0 Å². The van der Waals surface area contributed by atoms with Gasteiger partial charge in [-0.05, 0) is 70.3 Å². The van der Waals surface area contributed by atoms with Crippen LogP contribution in [0.4, 0.5) is 0 Å². The minimum atomic E-state index is -4.46. The number of ether oxygens (including phenoxy) is 1. The molecule has 2 N–H and O–H groups in total. The molecule has 0 radical (unpaired) electrons. The van der Waals surface area contributed by atoms with Crippen LogP contribution in [0, 0.1) is 0 Å². The van der Waals surface area contributed by atoms with E-state index >= 15 is 0 Å².